The number of benzene rings is 3. The van der Waals surface area contributed by atoms with Crippen LogP contribution < -0.4 is 15.5 Å². The molecule has 0 heterocycles. The van der Waals surface area contributed by atoms with Crippen LogP contribution in [-0.2, 0) is 0 Å². The average Bonchev–Trinajstić information content (AvgIpc) is 2.74. The number of nitrogens with zero attached hydrogens (tertiary/aromatic N) is 1. The van der Waals surface area contributed by atoms with Gasteiger partial charge in [0.15, 0.2) is 0 Å². The Kier molecular flexibility index (Phi) is 13.5. The van der Waals surface area contributed by atoms with E-state index in [2.05, 4.69) is 111 Å². The summed E-state index contributed by atoms with van der Waals surface area (Å²) < 4.78 is 0. The molecule has 2 N–H and O–H groups in total. The third kappa shape index (κ3) is 10.6. The van der Waals surface area contributed by atoms with Crippen molar-refractivity contribution in [3.8, 4) is 0 Å². The van der Waals surface area contributed by atoms with Gasteiger partial charge in [0.05, 0.1) is 0 Å². The van der Waals surface area contributed by atoms with E-state index in [1.807, 2.05) is 26.2 Å². The second kappa shape index (κ2) is 15.0. The van der Waals surface area contributed by atoms with Gasteiger partial charge >= 0.3 is 0 Å². The topological polar surface area (TPSA) is 27.3 Å². The van der Waals surface area contributed by atoms with Gasteiger partial charge in [0.2, 0.25) is 0 Å². The summed E-state index contributed by atoms with van der Waals surface area (Å²) >= 11 is 0. The van der Waals surface area contributed by atoms with Gasteiger partial charge in [-0.25, -0.2) is 0 Å². The number of hydrogen-bond donors (Lipinski definition) is 2. The molecule has 0 bridgehead atoms. The summed E-state index contributed by atoms with van der Waals surface area (Å²) in [7, 11) is 5.95. The Morgan fingerprint density at radius 1 is 0.667 bits per heavy atom. The highest BCUT2D eigenvalue weighted by Gasteiger charge is 1.95. The van der Waals surface area contributed by atoms with Crippen molar-refractivity contribution in [3.05, 3.63) is 89.5 Å². The second-order valence-corrected chi connectivity index (χ2v) is 7.09. The van der Waals surface area contributed by atoms with Gasteiger partial charge < -0.3 is 15.5 Å². The molecule has 0 aliphatic carbocycles. The standard InChI is InChI=1S/C10H15N.2C8H11N.CH4/c1-4-11(3)10-7-5-6-9(2)8-10;1-7-3-5-8(9-2)6-4-7;1-7-4-3-5-8(6-7)9-2;/h5-8H,4H2,1-3H3;2*3-6,9H,1-2H3;1H4. The van der Waals surface area contributed by atoms with Gasteiger partial charge in [-0.1, -0.05) is 49.4 Å². The summed E-state index contributed by atoms with van der Waals surface area (Å²) in [5.41, 5.74) is 7.56. The van der Waals surface area contributed by atoms with Crippen LogP contribution in [0.25, 0.3) is 0 Å². The Labute approximate surface area is 185 Å². The molecule has 0 amide bonds. The van der Waals surface area contributed by atoms with E-state index in [1.165, 1.54) is 33.8 Å². The molecule has 0 atom stereocenters. The summed E-state index contributed by atoms with van der Waals surface area (Å²) in [6.45, 7) is 9.50. The molecule has 3 heteroatoms. The molecule has 0 saturated carbocycles. The van der Waals surface area contributed by atoms with E-state index in [4.69, 9.17) is 0 Å². The first-order chi connectivity index (χ1) is 13.9. The Bertz CT molecular complexity index is 826. The zero-order valence-electron chi connectivity index (χ0n) is 19.1. The molecule has 164 valence electrons. The van der Waals surface area contributed by atoms with Crippen molar-refractivity contribution in [1.29, 1.82) is 0 Å². The number of hydrogen-bond acceptors (Lipinski definition) is 3. The maximum absolute atomic E-state index is 3.07. The monoisotopic (exact) mass is 407 g/mol. The minimum atomic E-state index is 0. The molecular formula is C27H41N3. The minimum absolute atomic E-state index is 0. The maximum atomic E-state index is 3.07. The van der Waals surface area contributed by atoms with Gasteiger partial charge in [-0.05, 0) is 75.2 Å². The molecule has 3 rings (SSSR count). The normalized spacial score (nSPS) is 9.03. The van der Waals surface area contributed by atoms with E-state index in [9.17, 15) is 0 Å². The summed E-state index contributed by atoms with van der Waals surface area (Å²) in [6, 6.07) is 25.1. The first kappa shape index (κ1) is 27.1. The van der Waals surface area contributed by atoms with Gasteiger partial charge in [-0.2, -0.15) is 0 Å². The van der Waals surface area contributed by atoms with Crippen molar-refractivity contribution in [3.63, 3.8) is 0 Å². The Morgan fingerprint density at radius 3 is 1.63 bits per heavy atom. The highest BCUT2D eigenvalue weighted by molar-refractivity contribution is 5.47. The van der Waals surface area contributed by atoms with Gasteiger partial charge in [-0.3, -0.25) is 0 Å². The van der Waals surface area contributed by atoms with Crippen LogP contribution in [0, 0.1) is 20.8 Å². The zero-order chi connectivity index (χ0) is 21.6. The van der Waals surface area contributed by atoms with E-state index in [-0.39, 0.29) is 7.43 Å². The number of anilines is 3. The lowest BCUT2D eigenvalue weighted by Gasteiger charge is -2.16. The first-order valence-electron chi connectivity index (χ1n) is 10.2. The smallest absolute Gasteiger partial charge is 0.0366 e. The number of nitrogens with one attached hydrogen (secondary N) is 2. The number of rotatable bonds is 4. The van der Waals surface area contributed by atoms with Crippen LogP contribution in [0.15, 0.2) is 72.8 Å². The lowest BCUT2D eigenvalue weighted by atomic mass is 10.2. The molecule has 3 aromatic rings. The average molecular weight is 408 g/mol. The summed E-state index contributed by atoms with van der Waals surface area (Å²) in [6.07, 6.45) is 0. The highest BCUT2D eigenvalue weighted by Crippen LogP contribution is 2.13. The van der Waals surface area contributed by atoms with E-state index < -0.39 is 0 Å². The molecule has 0 saturated heterocycles. The van der Waals surface area contributed by atoms with E-state index in [1.54, 1.807) is 0 Å². The van der Waals surface area contributed by atoms with Crippen LogP contribution in [-0.4, -0.2) is 27.7 Å². The van der Waals surface area contributed by atoms with Crippen LogP contribution in [0.1, 0.15) is 31.0 Å². The molecule has 3 aromatic carbocycles. The Hall–Kier alpha value is -2.94. The minimum Gasteiger partial charge on any atom is -0.388 e. The lowest BCUT2D eigenvalue weighted by Crippen LogP contribution is -2.15. The Morgan fingerprint density at radius 2 is 1.20 bits per heavy atom. The third-order valence-corrected chi connectivity index (χ3v) is 4.56. The van der Waals surface area contributed by atoms with Crippen LogP contribution in [0.5, 0.6) is 0 Å². The number of aryl methyl sites for hydroxylation is 3. The fourth-order valence-electron chi connectivity index (χ4n) is 2.57. The van der Waals surface area contributed by atoms with Crippen LogP contribution in [0.4, 0.5) is 17.1 Å². The zero-order valence-corrected chi connectivity index (χ0v) is 19.1. The highest BCUT2D eigenvalue weighted by atomic mass is 15.1. The molecule has 0 aromatic heterocycles. The Balaban J connectivity index is 0.000000416. The second-order valence-electron chi connectivity index (χ2n) is 7.09. The fourth-order valence-corrected chi connectivity index (χ4v) is 2.57. The molecule has 0 radical (unpaired) electrons. The lowest BCUT2D eigenvalue weighted by molar-refractivity contribution is 0.967. The molecule has 3 nitrogen and oxygen atoms in total. The predicted molar refractivity (Wildman–Crippen MR) is 138 cm³/mol. The molecule has 0 aliphatic rings. The molecule has 30 heavy (non-hydrogen) atoms. The van der Waals surface area contributed by atoms with Crippen LogP contribution in [0.2, 0.25) is 0 Å². The third-order valence-electron chi connectivity index (χ3n) is 4.56. The maximum Gasteiger partial charge on any atom is 0.0366 e. The molecule has 0 spiro atoms. The first-order valence-corrected chi connectivity index (χ1v) is 10.2. The van der Waals surface area contributed by atoms with Crippen molar-refractivity contribution in [1.82, 2.24) is 0 Å². The quantitative estimate of drug-likeness (QED) is 0.480. The molecular weight excluding hydrogens is 366 g/mol. The van der Waals surface area contributed by atoms with E-state index >= 15 is 0 Å². The van der Waals surface area contributed by atoms with Gasteiger partial charge in [0, 0.05) is 44.7 Å². The summed E-state index contributed by atoms with van der Waals surface area (Å²) in [5, 5.41) is 6.12. The van der Waals surface area contributed by atoms with E-state index in [0.29, 0.717) is 0 Å². The van der Waals surface area contributed by atoms with Gasteiger partial charge in [0.25, 0.3) is 0 Å². The van der Waals surface area contributed by atoms with Crippen LogP contribution in [0.3, 0.4) is 0 Å². The van der Waals surface area contributed by atoms with Crippen molar-refractivity contribution in [2.75, 3.05) is 43.2 Å². The molecule has 0 aliphatic heterocycles. The van der Waals surface area contributed by atoms with Gasteiger partial charge in [-0.15, -0.1) is 0 Å². The van der Waals surface area contributed by atoms with Gasteiger partial charge in [0.1, 0.15) is 0 Å². The predicted octanol–water partition coefficient (Wildman–Crippen LogP) is 7.16. The SMILES string of the molecule is C.CCN(C)c1cccc(C)c1.CNc1ccc(C)cc1.CNc1cccc(C)c1. The van der Waals surface area contributed by atoms with Crippen molar-refractivity contribution >= 4 is 17.1 Å². The van der Waals surface area contributed by atoms with Crippen molar-refractivity contribution in [2.45, 2.75) is 35.1 Å². The molecule has 0 fully saturated rings. The largest absolute Gasteiger partial charge is 0.388 e. The van der Waals surface area contributed by atoms with Crippen LogP contribution >= 0.6 is 0 Å². The molecule has 0 unspecified atom stereocenters. The fraction of sp³-hybridized carbons (Fsp3) is 0.333. The summed E-state index contributed by atoms with van der Waals surface area (Å²) in [4.78, 5) is 2.23. The summed E-state index contributed by atoms with van der Waals surface area (Å²) in [5.74, 6) is 0. The van der Waals surface area contributed by atoms with Crippen molar-refractivity contribution < 1.29 is 0 Å². The van der Waals surface area contributed by atoms with E-state index in [0.717, 1.165) is 6.54 Å². The van der Waals surface area contributed by atoms with Crippen molar-refractivity contribution in [2.24, 2.45) is 0 Å².